The molecule has 47 heavy (non-hydrogen) atoms. The molecule has 10 nitrogen and oxygen atoms in total. The fourth-order valence-corrected chi connectivity index (χ4v) is 7.96. The van der Waals surface area contributed by atoms with Gasteiger partial charge in [0.15, 0.2) is 25.6 Å². The Bertz CT molecular complexity index is 1780. The highest BCUT2D eigenvalue weighted by molar-refractivity contribution is 7.98. The second-order valence-corrected chi connectivity index (χ2v) is 18.9. The number of hydrogen-bond acceptors (Lipinski definition) is 9. The van der Waals surface area contributed by atoms with Crippen molar-refractivity contribution in [2.75, 3.05) is 38.0 Å². The number of fused-ring (bicyclic) bond motifs is 4. The van der Waals surface area contributed by atoms with E-state index in [4.69, 9.17) is 18.6 Å². The second-order valence-electron chi connectivity index (χ2n) is 13.1. The number of hydrogen-bond donors (Lipinski definition) is 0. The van der Waals surface area contributed by atoms with Crippen molar-refractivity contribution in [3.63, 3.8) is 0 Å². The molecule has 6 rings (SSSR count). The molecule has 4 heterocycles. The van der Waals surface area contributed by atoms with Crippen molar-refractivity contribution < 1.29 is 37.0 Å². The molecule has 3 aliphatic rings. The monoisotopic (exact) mass is 685 g/mol. The number of nitrogens with zero attached hydrogens (tertiary/aromatic N) is 3. The van der Waals surface area contributed by atoms with E-state index < -0.39 is 55.4 Å². The van der Waals surface area contributed by atoms with Crippen LogP contribution in [0.4, 0.5) is 13.6 Å². The van der Waals surface area contributed by atoms with Gasteiger partial charge in [0.2, 0.25) is 11.2 Å². The van der Waals surface area contributed by atoms with Crippen LogP contribution in [-0.2, 0) is 19.7 Å². The van der Waals surface area contributed by atoms with Crippen LogP contribution >= 0.6 is 11.8 Å². The number of rotatable bonds is 6. The Morgan fingerprint density at radius 1 is 1.06 bits per heavy atom. The van der Waals surface area contributed by atoms with Crippen molar-refractivity contribution >= 4 is 32.1 Å². The van der Waals surface area contributed by atoms with Gasteiger partial charge in [0.1, 0.15) is 12.8 Å². The summed E-state index contributed by atoms with van der Waals surface area (Å²) < 4.78 is 54.1. The summed E-state index contributed by atoms with van der Waals surface area (Å²) >= 11 is 1.38. The number of benzene rings is 2. The van der Waals surface area contributed by atoms with Crippen LogP contribution in [0, 0.1) is 11.6 Å². The fourth-order valence-electron chi connectivity index (χ4n) is 5.82. The molecule has 14 heteroatoms. The number of ether oxygens (including phenoxy) is 3. The SMILES string of the molecule is CC(C)(C)[Si](C)(C)OCCOC(=O)Oc1c2n(ccc1=O)N([C@@H]1c3ccccc3SCc3c1ccc(F)c3F)[C@@H]1COCCN1C2=O. The Kier molecular flexibility index (Phi) is 8.98. The summed E-state index contributed by atoms with van der Waals surface area (Å²) in [6.07, 6.45) is -0.425. The number of pyridine rings is 1. The molecule has 1 fully saturated rings. The molecule has 0 aliphatic carbocycles. The van der Waals surface area contributed by atoms with E-state index >= 15 is 4.39 Å². The summed E-state index contributed by atoms with van der Waals surface area (Å²) in [5, 5.41) is 1.77. The smallest absolute Gasteiger partial charge is 0.432 e. The van der Waals surface area contributed by atoms with Gasteiger partial charge in [0, 0.05) is 35.0 Å². The number of carbonyl (C=O) groups is 2. The quantitative estimate of drug-likeness (QED) is 0.181. The van der Waals surface area contributed by atoms with E-state index in [2.05, 4.69) is 33.9 Å². The lowest BCUT2D eigenvalue weighted by Gasteiger charge is -2.51. The zero-order valence-corrected chi connectivity index (χ0v) is 28.7. The number of morpholine rings is 1. The maximum Gasteiger partial charge on any atom is 0.514 e. The van der Waals surface area contributed by atoms with Gasteiger partial charge in [-0.2, -0.15) is 0 Å². The summed E-state index contributed by atoms with van der Waals surface area (Å²) in [6.45, 7) is 11.0. The summed E-state index contributed by atoms with van der Waals surface area (Å²) in [6, 6.07) is 10.6. The number of carbonyl (C=O) groups excluding carboxylic acids is 2. The van der Waals surface area contributed by atoms with Crippen LogP contribution in [0.5, 0.6) is 5.75 Å². The van der Waals surface area contributed by atoms with E-state index in [1.54, 1.807) is 11.0 Å². The van der Waals surface area contributed by atoms with Crippen LogP contribution in [0.3, 0.4) is 0 Å². The van der Waals surface area contributed by atoms with E-state index in [0.717, 1.165) is 16.5 Å². The van der Waals surface area contributed by atoms with Crippen molar-refractivity contribution in [1.29, 1.82) is 0 Å². The zero-order chi connectivity index (χ0) is 33.7. The van der Waals surface area contributed by atoms with Crippen LogP contribution in [0.1, 0.15) is 54.0 Å². The Morgan fingerprint density at radius 2 is 1.83 bits per heavy atom. The van der Waals surface area contributed by atoms with E-state index in [1.165, 1.54) is 28.7 Å². The van der Waals surface area contributed by atoms with Crippen LogP contribution in [0.25, 0.3) is 0 Å². The van der Waals surface area contributed by atoms with Crippen molar-refractivity contribution in [3.8, 4) is 5.75 Å². The standard InChI is InChI=1S/C33H37F2N3O7SSi/c1-33(2,3)47(4,5)44-17-16-43-32(41)45-30-24(39)12-13-37-29(30)31(40)36-14-15-42-18-26(36)38(37)28-20-10-11-23(34)27(35)22(20)19-46-25-9-7-6-8-21(25)28/h6-13,26,28H,14-19H2,1-5H3/t26-,28+/m1/s1. The van der Waals surface area contributed by atoms with Gasteiger partial charge in [-0.3, -0.25) is 19.3 Å². The minimum Gasteiger partial charge on any atom is -0.432 e. The summed E-state index contributed by atoms with van der Waals surface area (Å²) in [5.74, 6) is -2.76. The van der Waals surface area contributed by atoms with Gasteiger partial charge in [0.05, 0.1) is 25.9 Å². The molecule has 0 N–H and O–H groups in total. The highest BCUT2D eigenvalue weighted by Gasteiger charge is 2.47. The predicted molar refractivity (Wildman–Crippen MR) is 174 cm³/mol. The normalized spacial score (nSPS) is 19.3. The molecule has 2 atom stereocenters. The third-order valence-electron chi connectivity index (χ3n) is 9.29. The Balaban J connectivity index is 1.41. The van der Waals surface area contributed by atoms with Crippen molar-refractivity contribution in [1.82, 2.24) is 9.58 Å². The van der Waals surface area contributed by atoms with Gasteiger partial charge in [-0.1, -0.05) is 45.0 Å². The number of thioether (sulfide) groups is 1. The van der Waals surface area contributed by atoms with Gasteiger partial charge >= 0.3 is 6.16 Å². The molecule has 0 saturated carbocycles. The second kappa shape index (κ2) is 12.7. The summed E-state index contributed by atoms with van der Waals surface area (Å²) in [4.78, 5) is 42.6. The average Bonchev–Trinajstić information content (AvgIpc) is 3.19. The predicted octanol–water partition coefficient (Wildman–Crippen LogP) is 5.81. The number of amides is 1. The molecule has 3 aliphatic heterocycles. The third kappa shape index (κ3) is 6.07. The van der Waals surface area contributed by atoms with E-state index in [0.29, 0.717) is 5.56 Å². The fraction of sp³-hybridized carbons (Fsp3) is 0.424. The molecule has 1 saturated heterocycles. The van der Waals surface area contributed by atoms with Crippen LogP contribution in [0.2, 0.25) is 18.1 Å². The first-order chi connectivity index (χ1) is 22.3. The first-order valence-corrected chi connectivity index (χ1v) is 19.3. The summed E-state index contributed by atoms with van der Waals surface area (Å²) in [5.41, 5.74) is 0.587. The van der Waals surface area contributed by atoms with Gasteiger partial charge in [0.25, 0.3) is 5.91 Å². The van der Waals surface area contributed by atoms with Crippen LogP contribution < -0.4 is 15.2 Å². The van der Waals surface area contributed by atoms with Gasteiger partial charge in [-0.05, 0) is 41.4 Å². The van der Waals surface area contributed by atoms with Crippen molar-refractivity contribution in [2.24, 2.45) is 0 Å². The number of halogens is 2. The first-order valence-electron chi connectivity index (χ1n) is 15.4. The third-order valence-corrected chi connectivity index (χ3v) is 14.9. The highest BCUT2D eigenvalue weighted by Crippen LogP contribution is 2.45. The molecular formula is C33H37F2N3O7SSi. The van der Waals surface area contributed by atoms with Crippen molar-refractivity contribution in [2.45, 2.75) is 61.8 Å². The molecule has 0 unspecified atom stereocenters. The molecule has 2 aromatic carbocycles. The van der Waals surface area contributed by atoms with Gasteiger partial charge < -0.3 is 23.5 Å². The van der Waals surface area contributed by atoms with E-state index in [1.807, 2.05) is 29.3 Å². The van der Waals surface area contributed by atoms with Gasteiger partial charge in [-0.25, -0.2) is 13.6 Å². The minimum absolute atomic E-state index is 0.0358. The molecule has 0 spiro atoms. The minimum atomic E-state index is -2.09. The van der Waals surface area contributed by atoms with Crippen LogP contribution in [-0.4, -0.2) is 69.1 Å². The molecule has 0 radical (unpaired) electrons. The maximum absolute atomic E-state index is 15.4. The average molecular weight is 686 g/mol. The van der Waals surface area contributed by atoms with E-state index in [-0.39, 0.29) is 55.0 Å². The Hall–Kier alpha value is -3.72. The molecule has 250 valence electrons. The van der Waals surface area contributed by atoms with E-state index in [9.17, 15) is 18.8 Å². The zero-order valence-electron chi connectivity index (χ0n) is 26.9. The molecule has 3 aromatic rings. The molecule has 1 aromatic heterocycles. The molecule has 0 bridgehead atoms. The lowest BCUT2D eigenvalue weighted by Crippen LogP contribution is -2.66. The lowest BCUT2D eigenvalue weighted by atomic mass is 9.93. The topological polar surface area (TPSA) is 99.5 Å². The maximum atomic E-state index is 15.4. The summed E-state index contributed by atoms with van der Waals surface area (Å²) in [7, 11) is -2.09. The van der Waals surface area contributed by atoms with Gasteiger partial charge in [-0.15, -0.1) is 11.8 Å². The Morgan fingerprint density at radius 3 is 2.60 bits per heavy atom. The Labute approximate surface area is 276 Å². The van der Waals surface area contributed by atoms with Crippen molar-refractivity contribution in [3.05, 3.63) is 92.9 Å². The molecular weight excluding hydrogens is 649 g/mol. The first kappa shape index (κ1) is 33.2. The highest BCUT2D eigenvalue weighted by atomic mass is 32.2. The number of aromatic nitrogens is 1. The molecule has 1 amide bonds. The largest absolute Gasteiger partial charge is 0.514 e. The van der Waals surface area contributed by atoms with Crippen LogP contribution in [0.15, 0.2) is 58.4 Å². The lowest BCUT2D eigenvalue weighted by molar-refractivity contribution is -0.0198.